The molecule has 1 aromatic carbocycles. The van der Waals surface area contributed by atoms with Crippen LogP contribution in [-0.4, -0.2) is 71.0 Å². The largest absolute Gasteiger partial charge is 0.489 e. The first-order valence-electron chi connectivity index (χ1n) is 12.8. The Morgan fingerprint density at radius 2 is 2.00 bits per heavy atom. The van der Waals surface area contributed by atoms with Crippen molar-refractivity contribution in [1.29, 1.82) is 0 Å². The number of piperazine rings is 1. The molecule has 4 aliphatic rings. The Bertz CT molecular complexity index is 1250. The van der Waals surface area contributed by atoms with E-state index in [0.717, 1.165) is 25.7 Å². The van der Waals surface area contributed by atoms with Crippen LogP contribution in [0.15, 0.2) is 18.2 Å². The number of piperidine rings is 1. The van der Waals surface area contributed by atoms with E-state index in [1.165, 1.54) is 6.07 Å². The van der Waals surface area contributed by atoms with Gasteiger partial charge < -0.3 is 19.4 Å². The summed E-state index contributed by atoms with van der Waals surface area (Å²) in [5.74, 6) is 0.352. The molecule has 0 saturated carbocycles. The zero-order valence-electron chi connectivity index (χ0n) is 20.6. The Hall–Kier alpha value is -2.87. The molecule has 3 saturated heterocycles. The van der Waals surface area contributed by atoms with Crippen LogP contribution in [0.2, 0.25) is 5.02 Å². The number of rotatable bonds is 2. The molecule has 1 aromatic heterocycles. The molecule has 2 aromatic rings. The van der Waals surface area contributed by atoms with Crippen molar-refractivity contribution >= 4 is 29.2 Å². The lowest BCUT2D eigenvalue weighted by Crippen LogP contribution is -2.59. The van der Waals surface area contributed by atoms with Crippen LogP contribution in [0.1, 0.15) is 54.9 Å². The number of anilines is 1. The zero-order valence-corrected chi connectivity index (χ0v) is 21.4. The number of hydrogen-bond donors (Lipinski definition) is 0. The molecule has 1 unspecified atom stereocenters. The maximum Gasteiger partial charge on any atom is 0.261 e. The minimum Gasteiger partial charge on any atom is -0.489 e. The van der Waals surface area contributed by atoms with Gasteiger partial charge in [0.25, 0.3) is 5.91 Å². The van der Waals surface area contributed by atoms with Gasteiger partial charge in [0.2, 0.25) is 5.91 Å². The van der Waals surface area contributed by atoms with Crippen LogP contribution in [0.25, 0.3) is 11.3 Å². The van der Waals surface area contributed by atoms with Gasteiger partial charge in [0.1, 0.15) is 28.8 Å². The number of amides is 2. The van der Waals surface area contributed by atoms with Crippen LogP contribution >= 0.6 is 11.6 Å². The minimum absolute atomic E-state index is 0.0250. The summed E-state index contributed by atoms with van der Waals surface area (Å²) in [5, 5.41) is 0.163. The summed E-state index contributed by atoms with van der Waals surface area (Å²) in [4.78, 5) is 37.3. The van der Waals surface area contributed by atoms with Crippen LogP contribution in [0, 0.1) is 12.7 Å². The third-order valence-corrected chi connectivity index (χ3v) is 8.66. The van der Waals surface area contributed by atoms with Crippen molar-refractivity contribution in [3.63, 3.8) is 0 Å². The van der Waals surface area contributed by atoms with Gasteiger partial charge in [0.05, 0.1) is 17.3 Å². The molecule has 6 rings (SSSR count). The van der Waals surface area contributed by atoms with Gasteiger partial charge in [-0.25, -0.2) is 9.37 Å². The molecule has 0 aliphatic carbocycles. The second kappa shape index (κ2) is 8.61. The molecular formula is C27H30ClFN4O3. The number of pyridine rings is 1. The average molecular weight is 513 g/mol. The van der Waals surface area contributed by atoms with Crippen molar-refractivity contribution in [2.75, 3.05) is 37.7 Å². The lowest BCUT2D eigenvalue weighted by Gasteiger charge is -2.46. The highest BCUT2D eigenvalue weighted by atomic mass is 35.5. The van der Waals surface area contributed by atoms with Gasteiger partial charge in [-0.15, -0.1) is 0 Å². The summed E-state index contributed by atoms with van der Waals surface area (Å²) in [6.07, 6.45) is 4.13. The number of hydrogen-bond acceptors (Lipinski definition) is 5. The number of carbonyl (C=O) groups is 2. The van der Waals surface area contributed by atoms with Crippen molar-refractivity contribution in [3.05, 3.63) is 40.2 Å². The summed E-state index contributed by atoms with van der Waals surface area (Å²) >= 11 is 6.89. The van der Waals surface area contributed by atoms with Crippen molar-refractivity contribution in [2.45, 2.75) is 57.5 Å². The van der Waals surface area contributed by atoms with Gasteiger partial charge >= 0.3 is 0 Å². The van der Waals surface area contributed by atoms with Gasteiger partial charge in [0.15, 0.2) is 5.75 Å². The van der Waals surface area contributed by atoms with Gasteiger partial charge in [-0.2, -0.15) is 0 Å². The quantitative estimate of drug-likeness (QED) is 0.595. The minimum atomic E-state index is -0.425. The Balaban J connectivity index is 1.54. The predicted octanol–water partition coefficient (Wildman–Crippen LogP) is 4.44. The Morgan fingerprint density at radius 1 is 1.17 bits per heavy atom. The molecule has 0 spiro atoms. The topological polar surface area (TPSA) is 66.0 Å². The van der Waals surface area contributed by atoms with E-state index in [9.17, 15) is 9.59 Å². The first-order chi connectivity index (χ1) is 17.3. The smallest absolute Gasteiger partial charge is 0.261 e. The maximum absolute atomic E-state index is 15.1. The fourth-order valence-corrected chi connectivity index (χ4v) is 6.63. The molecule has 190 valence electrons. The summed E-state index contributed by atoms with van der Waals surface area (Å²) in [5.41, 5.74) is 1.29. The number of ether oxygens (including phenoxy) is 1. The second-order valence-electron chi connectivity index (χ2n) is 10.7. The lowest BCUT2D eigenvalue weighted by molar-refractivity contribution is -0.131. The highest BCUT2D eigenvalue weighted by Gasteiger charge is 2.47. The molecule has 0 bridgehead atoms. The van der Waals surface area contributed by atoms with Gasteiger partial charge in [-0.05, 0) is 51.2 Å². The number of aryl methyl sites for hydroxylation is 1. The van der Waals surface area contributed by atoms with Crippen LogP contribution < -0.4 is 9.64 Å². The molecule has 2 atom stereocenters. The molecule has 5 heterocycles. The van der Waals surface area contributed by atoms with Gasteiger partial charge in [-0.3, -0.25) is 9.59 Å². The summed E-state index contributed by atoms with van der Waals surface area (Å²) in [6.45, 7) is 6.51. The number of nitrogens with zero attached hydrogens (tertiary/aromatic N) is 4. The van der Waals surface area contributed by atoms with E-state index in [-0.39, 0.29) is 39.9 Å². The first-order valence-corrected chi connectivity index (χ1v) is 13.1. The van der Waals surface area contributed by atoms with Crippen molar-refractivity contribution < 1.29 is 18.7 Å². The molecule has 7 nitrogen and oxygen atoms in total. The molecular weight excluding hydrogens is 483 g/mol. The number of carbonyl (C=O) groups excluding carboxylic acids is 2. The fraction of sp³-hybridized carbons (Fsp3) is 0.519. The molecule has 0 N–H and O–H groups in total. The normalized spacial score (nSPS) is 25.8. The number of fused-ring (bicyclic) bond motifs is 3. The standard InChI is InChI=1S/C27H30ClFN4O3/c1-16-6-5-8-18(29)20(16)23-22(28)24-21(26(35)32-11-4-3-7-17(32)14-36-24)25(30-23)31-12-13-33-19(34)9-10-27(33,2)15-31/h5-6,8,17H,3-4,7,9-15H2,1-2H3/t17-,27?/m1/s1. The molecule has 4 aliphatic heterocycles. The number of aromatic nitrogens is 1. The van der Waals surface area contributed by atoms with E-state index in [0.29, 0.717) is 61.7 Å². The third kappa shape index (κ3) is 3.56. The van der Waals surface area contributed by atoms with E-state index in [2.05, 4.69) is 11.8 Å². The van der Waals surface area contributed by atoms with Crippen LogP contribution in [-0.2, 0) is 4.79 Å². The zero-order chi connectivity index (χ0) is 25.2. The van der Waals surface area contributed by atoms with Crippen LogP contribution in [0.4, 0.5) is 10.2 Å². The molecule has 3 fully saturated rings. The van der Waals surface area contributed by atoms with Crippen molar-refractivity contribution in [3.8, 4) is 17.0 Å². The van der Waals surface area contributed by atoms with Crippen molar-refractivity contribution in [1.82, 2.24) is 14.8 Å². The first kappa shape index (κ1) is 23.5. The van der Waals surface area contributed by atoms with E-state index < -0.39 is 5.82 Å². The predicted molar refractivity (Wildman–Crippen MR) is 135 cm³/mol. The maximum atomic E-state index is 15.1. The highest BCUT2D eigenvalue weighted by molar-refractivity contribution is 6.35. The van der Waals surface area contributed by atoms with Gasteiger partial charge in [-0.1, -0.05) is 23.7 Å². The third-order valence-electron chi connectivity index (χ3n) is 8.31. The molecule has 36 heavy (non-hydrogen) atoms. The highest BCUT2D eigenvalue weighted by Crippen LogP contribution is 2.46. The Morgan fingerprint density at radius 3 is 2.81 bits per heavy atom. The monoisotopic (exact) mass is 512 g/mol. The Kier molecular flexibility index (Phi) is 5.63. The SMILES string of the molecule is Cc1cccc(F)c1-c1nc(N2CCN3C(=O)CCC3(C)C2)c2c(c1Cl)OC[C@H]1CCCCN1C2=O. The molecule has 0 radical (unpaired) electrons. The van der Waals surface area contributed by atoms with E-state index >= 15 is 4.39 Å². The lowest BCUT2D eigenvalue weighted by atomic mass is 9.95. The van der Waals surface area contributed by atoms with E-state index in [1.54, 1.807) is 6.07 Å². The molecule has 9 heteroatoms. The summed E-state index contributed by atoms with van der Waals surface area (Å²) < 4.78 is 21.4. The second-order valence-corrected chi connectivity index (χ2v) is 11.0. The van der Waals surface area contributed by atoms with Gasteiger partial charge in [0, 0.05) is 38.2 Å². The Labute approximate surface area is 215 Å². The fourth-order valence-electron chi connectivity index (χ4n) is 6.35. The molecule has 2 amide bonds. The van der Waals surface area contributed by atoms with E-state index in [4.69, 9.17) is 21.3 Å². The summed E-state index contributed by atoms with van der Waals surface area (Å²) in [6, 6.07) is 4.84. The average Bonchev–Trinajstić information content (AvgIpc) is 3.07. The van der Waals surface area contributed by atoms with Crippen molar-refractivity contribution in [2.24, 2.45) is 0 Å². The number of halogens is 2. The van der Waals surface area contributed by atoms with Crippen LogP contribution in [0.5, 0.6) is 5.75 Å². The van der Waals surface area contributed by atoms with E-state index in [1.807, 2.05) is 22.8 Å². The van der Waals surface area contributed by atoms with Crippen LogP contribution in [0.3, 0.4) is 0 Å². The summed E-state index contributed by atoms with van der Waals surface area (Å²) in [7, 11) is 0. The number of benzene rings is 1.